The second kappa shape index (κ2) is 9.83. The van der Waals surface area contributed by atoms with Crippen molar-refractivity contribution in [3.63, 3.8) is 0 Å². The van der Waals surface area contributed by atoms with Crippen LogP contribution in [-0.2, 0) is 0 Å². The maximum atomic E-state index is 6.12. The third-order valence-electron chi connectivity index (χ3n) is 9.12. The lowest BCUT2D eigenvalue weighted by molar-refractivity contribution is 0.669. The van der Waals surface area contributed by atoms with Crippen LogP contribution in [0.2, 0.25) is 0 Å². The Morgan fingerprint density at radius 1 is 0.489 bits per heavy atom. The summed E-state index contributed by atoms with van der Waals surface area (Å²) >= 11 is 0. The molecule has 0 unspecified atom stereocenters. The van der Waals surface area contributed by atoms with Gasteiger partial charge in [-0.25, -0.2) is 0 Å². The van der Waals surface area contributed by atoms with E-state index in [2.05, 4.69) is 139 Å². The Morgan fingerprint density at radius 2 is 1.11 bits per heavy atom. The lowest BCUT2D eigenvalue weighted by Crippen LogP contribution is -1.93. The van der Waals surface area contributed by atoms with E-state index in [0.29, 0.717) is 0 Å². The first-order chi connectivity index (χ1) is 22.2. The molecule has 212 valence electrons. The lowest BCUT2D eigenvalue weighted by Gasteiger charge is -2.10. The molecule has 0 amide bonds. The minimum absolute atomic E-state index is 0.922. The number of furan rings is 1. The number of benzene rings is 7. The monoisotopic (exact) mass is 575 g/mol. The van der Waals surface area contributed by atoms with Gasteiger partial charge in [0, 0.05) is 27.2 Å². The van der Waals surface area contributed by atoms with Crippen LogP contribution in [0.4, 0.5) is 0 Å². The van der Waals surface area contributed by atoms with Gasteiger partial charge in [0.15, 0.2) is 0 Å². The molecule has 0 radical (unpaired) electrons. The Hall–Kier alpha value is -5.86. The van der Waals surface area contributed by atoms with Crippen LogP contribution in [-0.4, -0.2) is 4.57 Å². The molecule has 1 aliphatic rings. The Morgan fingerprint density at radius 3 is 1.93 bits per heavy atom. The van der Waals surface area contributed by atoms with Gasteiger partial charge in [0.2, 0.25) is 0 Å². The van der Waals surface area contributed by atoms with E-state index in [1.165, 1.54) is 71.6 Å². The van der Waals surface area contributed by atoms with Crippen molar-refractivity contribution in [2.45, 2.75) is 6.92 Å². The summed E-state index contributed by atoms with van der Waals surface area (Å²) in [5.41, 5.74) is 13.2. The van der Waals surface area contributed by atoms with Gasteiger partial charge >= 0.3 is 0 Å². The van der Waals surface area contributed by atoms with Gasteiger partial charge in [-0.2, -0.15) is 0 Å². The largest absolute Gasteiger partial charge is 0.456 e. The highest BCUT2D eigenvalue weighted by Gasteiger charge is 2.25. The SMILES string of the molecule is C=CC.c1ccc(-n2c3ccc(-c4ccc5oc6ccccc6c5c4)cc3c3c4cccc5c4c(cc32)-c2ccccc2-5)cc1. The van der Waals surface area contributed by atoms with E-state index < -0.39 is 0 Å². The number of para-hydroxylation sites is 2. The average Bonchev–Trinajstić information content (AvgIpc) is 3.74. The molecule has 1 aliphatic carbocycles. The third kappa shape index (κ3) is 3.69. The minimum atomic E-state index is 0.922. The summed E-state index contributed by atoms with van der Waals surface area (Å²) < 4.78 is 8.56. The number of hydrogen-bond acceptors (Lipinski definition) is 1. The van der Waals surface area contributed by atoms with Gasteiger partial charge in [-0.05, 0) is 99.6 Å². The second-order valence-corrected chi connectivity index (χ2v) is 11.7. The molecule has 10 rings (SSSR count). The van der Waals surface area contributed by atoms with Crippen molar-refractivity contribution in [1.29, 1.82) is 0 Å². The van der Waals surface area contributed by atoms with Crippen LogP contribution in [0.15, 0.2) is 157 Å². The molecule has 0 fully saturated rings. The molecule has 0 bridgehead atoms. The topological polar surface area (TPSA) is 18.1 Å². The minimum Gasteiger partial charge on any atom is -0.456 e. The molecule has 2 nitrogen and oxygen atoms in total. The van der Waals surface area contributed by atoms with Gasteiger partial charge in [0.05, 0.1) is 11.0 Å². The summed E-state index contributed by atoms with van der Waals surface area (Å²) in [6.07, 6.45) is 1.75. The lowest BCUT2D eigenvalue weighted by atomic mass is 9.96. The van der Waals surface area contributed by atoms with Gasteiger partial charge in [-0.3, -0.25) is 0 Å². The molecule has 0 aliphatic heterocycles. The molecule has 0 spiro atoms. The standard InChI is InChI=1S/C40H23NO.C3H6/c1-2-9-26(10-3-1)41-35-19-17-24(25-18-20-38-32(21-25)29-13-6-7-16-37(29)42-38)22-34(35)40-31-15-8-14-30-27-11-4-5-12-28(27)33(39(30)31)23-36(40)41;1-3-2/h1-23H;3H,1H2,2H3. The van der Waals surface area contributed by atoms with Crippen LogP contribution in [0, 0.1) is 0 Å². The van der Waals surface area contributed by atoms with Crippen molar-refractivity contribution in [2.75, 3.05) is 0 Å². The number of rotatable bonds is 2. The molecule has 2 aromatic heterocycles. The highest BCUT2D eigenvalue weighted by molar-refractivity contribution is 6.29. The summed E-state index contributed by atoms with van der Waals surface area (Å²) in [5.74, 6) is 0. The van der Waals surface area contributed by atoms with E-state index in [1.807, 2.05) is 19.1 Å². The first kappa shape index (κ1) is 25.6. The Balaban J connectivity index is 0.000000904. The fraction of sp³-hybridized carbons (Fsp3) is 0.0233. The fourth-order valence-electron chi connectivity index (χ4n) is 7.32. The fourth-order valence-corrected chi connectivity index (χ4v) is 7.32. The molecule has 0 saturated carbocycles. The highest BCUT2D eigenvalue weighted by atomic mass is 16.3. The van der Waals surface area contributed by atoms with Gasteiger partial charge in [0.1, 0.15) is 11.2 Å². The molecular weight excluding hydrogens is 546 g/mol. The Kier molecular flexibility index (Phi) is 5.60. The van der Waals surface area contributed by atoms with Gasteiger partial charge in [-0.1, -0.05) is 97.1 Å². The number of hydrogen-bond donors (Lipinski definition) is 0. The zero-order chi connectivity index (χ0) is 30.1. The van der Waals surface area contributed by atoms with Crippen LogP contribution in [0.3, 0.4) is 0 Å². The summed E-state index contributed by atoms with van der Waals surface area (Å²) in [6, 6.07) is 50.6. The van der Waals surface area contributed by atoms with Crippen molar-refractivity contribution in [1.82, 2.24) is 4.57 Å². The predicted octanol–water partition coefficient (Wildman–Crippen LogP) is 12.3. The zero-order valence-electron chi connectivity index (χ0n) is 24.9. The number of allylic oxidation sites excluding steroid dienone is 1. The highest BCUT2D eigenvalue weighted by Crippen LogP contribution is 2.51. The first-order valence-corrected chi connectivity index (χ1v) is 15.4. The third-order valence-corrected chi connectivity index (χ3v) is 9.12. The van der Waals surface area contributed by atoms with E-state index in [9.17, 15) is 0 Å². The molecular formula is C43H29NO. The van der Waals surface area contributed by atoms with Gasteiger partial charge in [0.25, 0.3) is 0 Å². The Labute approximate surface area is 261 Å². The van der Waals surface area contributed by atoms with Gasteiger partial charge in [-0.15, -0.1) is 6.58 Å². The molecule has 0 atom stereocenters. The number of fused-ring (bicyclic) bond motifs is 10. The first-order valence-electron chi connectivity index (χ1n) is 15.4. The van der Waals surface area contributed by atoms with Crippen LogP contribution >= 0.6 is 0 Å². The maximum absolute atomic E-state index is 6.12. The summed E-state index contributed by atoms with van der Waals surface area (Å²) in [7, 11) is 0. The number of nitrogens with zero attached hydrogens (tertiary/aromatic N) is 1. The zero-order valence-corrected chi connectivity index (χ0v) is 24.9. The molecule has 0 N–H and O–H groups in total. The van der Waals surface area contributed by atoms with Crippen LogP contribution in [0.1, 0.15) is 6.92 Å². The average molecular weight is 576 g/mol. The van der Waals surface area contributed by atoms with E-state index in [4.69, 9.17) is 4.42 Å². The van der Waals surface area contributed by atoms with Crippen LogP contribution in [0.5, 0.6) is 0 Å². The van der Waals surface area contributed by atoms with Crippen molar-refractivity contribution >= 4 is 54.5 Å². The normalized spacial score (nSPS) is 11.8. The van der Waals surface area contributed by atoms with Gasteiger partial charge < -0.3 is 8.98 Å². The molecule has 2 heteroatoms. The molecule has 45 heavy (non-hydrogen) atoms. The molecule has 0 saturated heterocycles. The van der Waals surface area contributed by atoms with E-state index >= 15 is 0 Å². The molecule has 2 heterocycles. The smallest absolute Gasteiger partial charge is 0.135 e. The van der Waals surface area contributed by atoms with Crippen molar-refractivity contribution in [3.05, 3.63) is 152 Å². The van der Waals surface area contributed by atoms with E-state index in [0.717, 1.165) is 21.9 Å². The second-order valence-electron chi connectivity index (χ2n) is 11.7. The summed E-state index contributed by atoms with van der Waals surface area (Å²) in [5, 5.41) is 7.54. The molecule has 9 aromatic rings. The summed E-state index contributed by atoms with van der Waals surface area (Å²) in [6.45, 7) is 5.25. The van der Waals surface area contributed by atoms with Crippen molar-refractivity contribution in [3.8, 4) is 39.1 Å². The number of aromatic nitrogens is 1. The van der Waals surface area contributed by atoms with Crippen LogP contribution in [0.25, 0.3) is 93.6 Å². The Bertz CT molecular complexity index is 2620. The van der Waals surface area contributed by atoms with E-state index in [1.54, 1.807) is 6.08 Å². The van der Waals surface area contributed by atoms with Crippen molar-refractivity contribution < 1.29 is 4.42 Å². The van der Waals surface area contributed by atoms with Crippen LogP contribution < -0.4 is 0 Å². The van der Waals surface area contributed by atoms with E-state index in [-0.39, 0.29) is 0 Å². The maximum Gasteiger partial charge on any atom is 0.135 e. The predicted molar refractivity (Wildman–Crippen MR) is 191 cm³/mol. The van der Waals surface area contributed by atoms with Crippen molar-refractivity contribution in [2.24, 2.45) is 0 Å². The summed E-state index contributed by atoms with van der Waals surface area (Å²) in [4.78, 5) is 0. The quantitative estimate of drug-likeness (QED) is 0.188. The molecule has 7 aromatic carbocycles.